The predicted molar refractivity (Wildman–Crippen MR) is 67.3 cm³/mol. The molecule has 2 aliphatic carbocycles. The van der Waals surface area contributed by atoms with Gasteiger partial charge in [-0.2, -0.15) is 0 Å². The highest BCUT2D eigenvalue weighted by Crippen LogP contribution is 2.40. The van der Waals surface area contributed by atoms with Gasteiger partial charge in [0, 0.05) is 5.54 Å². The summed E-state index contributed by atoms with van der Waals surface area (Å²) in [6.45, 7) is 0. The van der Waals surface area contributed by atoms with E-state index in [-0.39, 0.29) is 5.54 Å². The second kappa shape index (κ2) is 3.89. The van der Waals surface area contributed by atoms with Crippen molar-refractivity contribution < 1.29 is 0 Å². The molecule has 0 radical (unpaired) electrons. The van der Waals surface area contributed by atoms with Gasteiger partial charge in [0.1, 0.15) is 0 Å². The minimum absolute atomic E-state index is 0.102. The number of hydrogen-bond donors (Lipinski definition) is 1. The van der Waals surface area contributed by atoms with Gasteiger partial charge in [-0.05, 0) is 49.1 Å². The van der Waals surface area contributed by atoms with Crippen LogP contribution in [0.4, 0.5) is 0 Å². The Bertz CT molecular complexity index is 379. The lowest BCUT2D eigenvalue weighted by Gasteiger charge is -2.39. The molecule has 3 rings (SSSR count). The molecule has 0 aliphatic heterocycles. The zero-order valence-electron chi connectivity index (χ0n) is 9.91. The second-order valence-electron chi connectivity index (χ2n) is 5.66. The van der Waals surface area contributed by atoms with E-state index >= 15 is 0 Å². The number of hydrogen-bond acceptors (Lipinski definition) is 1. The van der Waals surface area contributed by atoms with Gasteiger partial charge in [-0.15, -0.1) is 0 Å². The third-order valence-electron chi connectivity index (χ3n) is 4.67. The fraction of sp³-hybridized carbons (Fsp3) is 0.600. The Balaban J connectivity index is 1.85. The number of benzene rings is 1. The van der Waals surface area contributed by atoms with Crippen LogP contribution in [0.5, 0.6) is 0 Å². The molecule has 1 aromatic carbocycles. The normalized spacial score (nSPS) is 30.3. The first kappa shape index (κ1) is 10.3. The van der Waals surface area contributed by atoms with E-state index < -0.39 is 0 Å². The lowest BCUT2D eigenvalue weighted by molar-refractivity contribution is 0.243. The zero-order chi connectivity index (χ0) is 11.0. The van der Waals surface area contributed by atoms with Crippen LogP contribution in [0, 0.1) is 5.92 Å². The van der Waals surface area contributed by atoms with Crippen LogP contribution in [0.2, 0.25) is 0 Å². The summed E-state index contributed by atoms with van der Waals surface area (Å²) in [6.07, 6.45) is 8.99. The summed E-state index contributed by atoms with van der Waals surface area (Å²) in [7, 11) is 0. The van der Waals surface area contributed by atoms with E-state index in [9.17, 15) is 0 Å². The van der Waals surface area contributed by atoms with Gasteiger partial charge >= 0.3 is 0 Å². The highest BCUT2D eigenvalue weighted by atomic mass is 14.8. The molecule has 1 nitrogen and oxygen atoms in total. The third-order valence-corrected chi connectivity index (χ3v) is 4.67. The van der Waals surface area contributed by atoms with Crippen molar-refractivity contribution in [3.05, 3.63) is 35.4 Å². The Morgan fingerprint density at radius 2 is 1.75 bits per heavy atom. The molecule has 2 aliphatic rings. The van der Waals surface area contributed by atoms with E-state index in [2.05, 4.69) is 24.3 Å². The molecule has 0 heterocycles. The number of rotatable bonds is 1. The highest BCUT2D eigenvalue weighted by molar-refractivity contribution is 5.32. The average Bonchev–Trinajstić information content (AvgIpc) is 2.83. The molecular formula is C15H21N. The fourth-order valence-electron chi connectivity index (χ4n) is 3.63. The van der Waals surface area contributed by atoms with Crippen molar-refractivity contribution in [1.29, 1.82) is 0 Å². The number of nitrogens with two attached hydrogens (primary N) is 1. The molecule has 1 fully saturated rings. The van der Waals surface area contributed by atoms with Crippen molar-refractivity contribution in [1.82, 2.24) is 0 Å². The largest absolute Gasteiger partial charge is 0.325 e. The Labute approximate surface area is 98.0 Å². The Morgan fingerprint density at radius 3 is 2.50 bits per heavy atom. The third kappa shape index (κ3) is 1.67. The van der Waals surface area contributed by atoms with Crippen LogP contribution < -0.4 is 5.73 Å². The molecule has 0 saturated heterocycles. The van der Waals surface area contributed by atoms with Crippen LogP contribution in [0.25, 0.3) is 0 Å². The summed E-state index contributed by atoms with van der Waals surface area (Å²) in [5.74, 6) is 0.779. The van der Waals surface area contributed by atoms with E-state index in [1.807, 2.05) is 0 Å². The van der Waals surface area contributed by atoms with Crippen LogP contribution in [0.15, 0.2) is 24.3 Å². The first-order valence-corrected chi connectivity index (χ1v) is 6.64. The molecule has 86 valence electrons. The van der Waals surface area contributed by atoms with E-state index in [4.69, 9.17) is 5.73 Å². The molecule has 0 amide bonds. The summed E-state index contributed by atoms with van der Waals surface area (Å²) in [6, 6.07) is 8.84. The van der Waals surface area contributed by atoms with Gasteiger partial charge in [0.2, 0.25) is 0 Å². The molecular weight excluding hydrogens is 194 g/mol. The Hall–Kier alpha value is -0.820. The molecule has 1 unspecified atom stereocenters. The van der Waals surface area contributed by atoms with E-state index in [1.54, 1.807) is 0 Å². The quantitative estimate of drug-likeness (QED) is 0.765. The van der Waals surface area contributed by atoms with Crippen LogP contribution in [-0.4, -0.2) is 5.54 Å². The molecule has 0 spiro atoms. The summed E-state index contributed by atoms with van der Waals surface area (Å²) in [5, 5.41) is 0. The van der Waals surface area contributed by atoms with E-state index in [0.717, 1.165) is 12.3 Å². The molecule has 2 N–H and O–H groups in total. The van der Waals surface area contributed by atoms with E-state index in [1.165, 1.54) is 49.7 Å². The Morgan fingerprint density at radius 1 is 1.06 bits per heavy atom. The summed E-state index contributed by atoms with van der Waals surface area (Å²) in [5.41, 5.74) is 9.81. The van der Waals surface area contributed by atoms with Crippen molar-refractivity contribution in [2.24, 2.45) is 11.7 Å². The van der Waals surface area contributed by atoms with E-state index in [0.29, 0.717) is 0 Å². The van der Waals surface area contributed by atoms with Crippen molar-refractivity contribution in [3.8, 4) is 0 Å². The average molecular weight is 215 g/mol. The Kier molecular flexibility index (Phi) is 2.51. The van der Waals surface area contributed by atoms with Crippen LogP contribution in [0.1, 0.15) is 43.2 Å². The maximum atomic E-state index is 6.68. The topological polar surface area (TPSA) is 26.0 Å². The van der Waals surface area contributed by atoms with Crippen molar-refractivity contribution in [2.45, 2.75) is 50.5 Å². The van der Waals surface area contributed by atoms with Crippen LogP contribution in [-0.2, 0) is 12.8 Å². The van der Waals surface area contributed by atoms with Crippen molar-refractivity contribution >= 4 is 0 Å². The number of aryl methyl sites for hydroxylation is 1. The van der Waals surface area contributed by atoms with Crippen molar-refractivity contribution in [3.63, 3.8) is 0 Å². The van der Waals surface area contributed by atoms with Gasteiger partial charge < -0.3 is 5.73 Å². The molecule has 0 bridgehead atoms. The van der Waals surface area contributed by atoms with Gasteiger partial charge in [-0.1, -0.05) is 37.1 Å². The smallest absolute Gasteiger partial charge is 0.0226 e. The summed E-state index contributed by atoms with van der Waals surface area (Å²) >= 11 is 0. The standard InChI is InChI=1S/C15H21N/c16-15(14-7-3-4-8-14)10-9-12-5-1-2-6-13(12)11-15/h1-2,5-6,14H,3-4,7-11,16H2. The van der Waals surface area contributed by atoms with Gasteiger partial charge in [0.25, 0.3) is 0 Å². The number of fused-ring (bicyclic) bond motifs is 1. The maximum Gasteiger partial charge on any atom is 0.0226 e. The fourth-order valence-corrected chi connectivity index (χ4v) is 3.63. The molecule has 1 aromatic rings. The van der Waals surface area contributed by atoms with Crippen molar-refractivity contribution in [2.75, 3.05) is 0 Å². The monoisotopic (exact) mass is 215 g/mol. The molecule has 1 atom stereocenters. The minimum Gasteiger partial charge on any atom is -0.325 e. The first-order valence-electron chi connectivity index (χ1n) is 6.64. The summed E-state index contributed by atoms with van der Waals surface area (Å²) in [4.78, 5) is 0. The van der Waals surface area contributed by atoms with Crippen LogP contribution >= 0.6 is 0 Å². The van der Waals surface area contributed by atoms with Gasteiger partial charge in [0.15, 0.2) is 0 Å². The zero-order valence-corrected chi connectivity index (χ0v) is 9.91. The first-order chi connectivity index (χ1) is 7.78. The maximum absolute atomic E-state index is 6.68. The summed E-state index contributed by atoms with van der Waals surface area (Å²) < 4.78 is 0. The lowest BCUT2D eigenvalue weighted by atomic mass is 9.70. The molecule has 16 heavy (non-hydrogen) atoms. The van der Waals surface area contributed by atoms with Gasteiger partial charge in [-0.3, -0.25) is 0 Å². The van der Waals surface area contributed by atoms with Gasteiger partial charge in [0.05, 0.1) is 0 Å². The molecule has 0 aromatic heterocycles. The SMILES string of the molecule is NC1(C2CCCC2)CCc2ccccc2C1. The van der Waals surface area contributed by atoms with Crippen LogP contribution in [0.3, 0.4) is 0 Å². The lowest BCUT2D eigenvalue weighted by Crippen LogP contribution is -2.50. The van der Waals surface area contributed by atoms with Gasteiger partial charge in [-0.25, -0.2) is 0 Å². The highest BCUT2D eigenvalue weighted by Gasteiger charge is 2.38. The molecule has 1 heteroatoms. The predicted octanol–water partition coefficient (Wildman–Crippen LogP) is 3.06. The molecule has 1 saturated carbocycles. The second-order valence-corrected chi connectivity index (χ2v) is 5.66. The minimum atomic E-state index is 0.102.